The van der Waals surface area contributed by atoms with E-state index in [-0.39, 0.29) is 12.5 Å². The number of carbonyl (C=O) groups is 3. The van der Waals surface area contributed by atoms with Gasteiger partial charge in [-0.3, -0.25) is 14.3 Å². The van der Waals surface area contributed by atoms with E-state index >= 15 is 0 Å². The summed E-state index contributed by atoms with van der Waals surface area (Å²) >= 11 is 0. The van der Waals surface area contributed by atoms with Gasteiger partial charge in [-0.2, -0.15) is 5.10 Å². The molecule has 1 fully saturated rings. The number of esters is 1. The number of ether oxygens (including phenoxy) is 1. The third-order valence-corrected chi connectivity index (χ3v) is 4.84. The fourth-order valence-corrected chi connectivity index (χ4v) is 3.18. The molecule has 2 heterocycles. The van der Waals surface area contributed by atoms with E-state index in [1.807, 2.05) is 6.92 Å². The van der Waals surface area contributed by atoms with Crippen LogP contribution in [0.1, 0.15) is 40.2 Å². The molecule has 1 aromatic carbocycles. The summed E-state index contributed by atoms with van der Waals surface area (Å²) in [6.45, 7) is 4.58. The molecular weight excluding hydrogens is 360 g/mol. The monoisotopic (exact) mass is 384 g/mol. The van der Waals surface area contributed by atoms with E-state index in [0.29, 0.717) is 29.9 Å². The number of aromatic nitrogens is 2. The fourth-order valence-electron chi connectivity index (χ4n) is 3.18. The molecule has 1 aliphatic heterocycles. The number of benzene rings is 1. The van der Waals surface area contributed by atoms with Gasteiger partial charge >= 0.3 is 5.97 Å². The van der Waals surface area contributed by atoms with E-state index in [9.17, 15) is 14.4 Å². The van der Waals surface area contributed by atoms with Crippen molar-refractivity contribution in [1.82, 2.24) is 14.7 Å². The molecular formula is C20H24N4O4. The Hall–Kier alpha value is -3.16. The number of nitrogens with one attached hydrogen (secondary N) is 1. The Labute approximate surface area is 163 Å². The maximum atomic E-state index is 12.2. The summed E-state index contributed by atoms with van der Waals surface area (Å²) in [5, 5.41) is 6.95. The first-order valence-electron chi connectivity index (χ1n) is 9.19. The highest BCUT2D eigenvalue weighted by Gasteiger charge is 2.20. The number of aryl methyl sites for hydroxylation is 2. The van der Waals surface area contributed by atoms with Crippen molar-refractivity contribution >= 4 is 23.5 Å². The number of likely N-dealkylation sites (tertiary alicyclic amines) is 1. The van der Waals surface area contributed by atoms with Crippen LogP contribution >= 0.6 is 0 Å². The van der Waals surface area contributed by atoms with Gasteiger partial charge in [0.15, 0.2) is 6.61 Å². The van der Waals surface area contributed by atoms with Crippen molar-refractivity contribution in [2.45, 2.75) is 33.2 Å². The Bertz CT molecular complexity index is 902. The van der Waals surface area contributed by atoms with Crippen LogP contribution in [0.25, 0.3) is 0 Å². The van der Waals surface area contributed by atoms with Crippen molar-refractivity contribution in [3.8, 4) is 0 Å². The highest BCUT2D eigenvalue weighted by atomic mass is 16.5. The third-order valence-electron chi connectivity index (χ3n) is 4.84. The van der Waals surface area contributed by atoms with E-state index in [2.05, 4.69) is 10.4 Å². The van der Waals surface area contributed by atoms with Crippen molar-refractivity contribution in [2.75, 3.05) is 18.5 Å². The van der Waals surface area contributed by atoms with Crippen LogP contribution in [-0.4, -0.2) is 45.6 Å². The van der Waals surface area contributed by atoms with Crippen molar-refractivity contribution < 1.29 is 19.1 Å². The van der Waals surface area contributed by atoms with Crippen LogP contribution in [0.5, 0.6) is 0 Å². The second-order valence-corrected chi connectivity index (χ2v) is 6.91. The van der Waals surface area contributed by atoms with E-state index in [1.165, 1.54) is 0 Å². The third kappa shape index (κ3) is 4.39. The molecule has 0 bridgehead atoms. The minimum absolute atomic E-state index is 0.161. The van der Waals surface area contributed by atoms with Crippen molar-refractivity contribution in [3.05, 3.63) is 46.8 Å². The first-order chi connectivity index (χ1) is 13.3. The van der Waals surface area contributed by atoms with Gasteiger partial charge in [0.25, 0.3) is 5.91 Å². The van der Waals surface area contributed by atoms with Gasteiger partial charge in [0.05, 0.1) is 22.6 Å². The fraction of sp³-hybridized carbons (Fsp3) is 0.400. The highest BCUT2D eigenvalue weighted by Crippen LogP contribution is 2.18. The molecule has 1 N–H and O–H groups in total. The second-order valence-electron chi connectivity index (χ2n) is 6.91. The summed E-state index contributed by atoms with van der Waals surface area (Å²) in [5.41, 5.74) is 3.46. The predicted octanol–water partition coefficient (Wildman–Crippen LogP) is 1.95. The van der Waals surface area contributed by atoms with Crippen molar-refractivity contribution in [2.24, 2.45) is 7.05 Å². The summed E-state index contributed by atoms with van der Waals surface area (Å²) in [5.74, 6) is -0.830. The van der Waals surface area contributed by atoms with Crippen LogP contribution in [0.15, 0.2) is 24.3 Å². The Morgan fingerprint density at radius 2 is 1.93 bits per heavy atom. The maximum Gasteiger partial charge on any atom is 0.338 e. The Balaban J connectivity index is 1.51. The minimum Gasteiger partial charge on any atom is -0.452 e. The molecule has 2 amide bonds. The molecule has 0 spiro atoms. The van der Waals surface area contributed by atoms with Crippen molar-refractivity contribution in [1.29, 1.82) is 0 Å². The summed E-state index contributed by atoms with van der Waals surface area (Å²) in [7, 11) is 1.79. The molecule has 3 rings (SSSR count). The lowest BCUT2D eigenvalue weighted by Gasteiger charge is -2.15. The molecule has 1 saturated heterocycles. The molecule has 0 atom stereocenters. The largest absolute Gasteiger partial charge is 0.452 e. The Morgan fingerprint density at radius 1 is 1.21 bits per heavy atom. The molecule has 8 heteroatoms. The van der Waals surface area contributed by atoms with Crippen LogP contribution in [-0.2, 0) is 27.9 Å². The normalized spacial score (nSPS) is 13.7. The van der Waals surface area contributed by atoms with Gasteiger partial charge in [-0.05, 0) is 38.0 Å². The Morgan fingerprint density at radius 3 is 2.50 bits per heavy atom. The van der Waals surface area contributed by atoms with Gasteiger partial charge in [0.2, 0.25) is 5.91 Å². The topological polar surface area (TPSA) is 93.5 Å². The lowest BCUT2D eigenvalue weighted by atomic mass is 10.1. The van der Waals surface area contributed by atoms with Gasteiger partial charge in [-0.1, -0.05) is 12.1 Å². The molecule has 28 heavy (non-hydrogen) atoms. The van der Waals surface area contributed by atoms with Crippen LogP contribution in [0.3, 0.4) is 0 Å². The van der Waals surface area contributed by atoms with Crippen LogP contribution in [0.2, 0.25) is 0 Å². The van der Waals surface area contributed by atoms with Crippen LogP contribution in [0.4, 0.5) is 5.69 Å². The number of rotatable bonds is 6. The number of carbonyl (C=O) groups excluding carboxylic acids is 3. The predicted molar refractivity (Wildman–Crippen MR) is 103 cm³/mol. The average molecular weight is 384 g/mol. The molecule has 2 aromatic rings. The van der Waals surface area contributed by atoms with Crippen LogP contribution in [0, 0.1) is 13.8 Å². The standard InChI is InChI=1S/C20H24N4O4/c1-13-19(14(2)23(3)22-13)21-17(25)12-28-20(27)16-8-6-15(7-9-16)11-24-10-4-5-18(24)26/h6-9H,4-5,10-12H2,1-3H3,(H,21,25). The zero-order valence-electron chi connectivity index (χ0n) is 16.3. The zero-order chi connectivity index (χ0) is 20.3. The quantitative estimate of drug-likeness (QED) is 0.769. The van der Waals surface area contributed by atoms with E-state index in [1.54, 1.807) is 47.8 Å². The smallest absolute Gasteiger partial charge is 0.338 e. The molecule has 1 aliphatic rings. The summed E-state index contributed by atoms with van der Waals surface area (Å²) in [4.78, 5) is 37.7. The highest BCUT2D eigenvalue weighted by molar-refractivity contribution is 5.96. The lowest BCUT2D eigenvalue weighted by molar-refractivity contribution is -0.128. The summed E-state index contributed by atoms with van der Waals surface area (Å²) in [6.07, 6.45) is 1.49. The zero-order valence-corrected chi connectivity index (χ0v) is 16.3. The van der Waals surface area contributed by atoms with Gasteiger partial charge in [-0.15, -0.1) is 0 Å². The molecule has 0 saturated carbocycles. The average Bonchev–Trinajstić information content (AvgIpc) is 3.18. The van der Waals surface area contributed by atoms with E-state index in [4.69, 9.17) is 4.74 Å². The van der Waals surface area contributed by atoms with Gasteiger partial charge in [-0.25, -0.2) is 4.79 Å². The van der Waals surface area contributed by atoms with Crippen molar-refractivity contribution in [3.63, 3.8) is 0 Å². The molecule has 0 radical (unpaired) electrons. The summed E-state index contributed by atoms with van der Waals surface area (Å²) < 4.78 is 6.77. The maximum absolute atomic E-state index is 12.2. The number of amides is 2. The molecule has 148 valence electrons. The minimum atomic E-state index is -0.571. The van der Waals surface area contributed by atoms with Crippen LogP contribution < -0.4 is 5.32 Å². The van der Waals surface area contributed by atoms with Gasteiger partial charge in [0.1, 0.15) is 0 Å². The number of hydrogen-bond acceptors (Lipinski definition) is 5. The van der Waals surface area contributed by atoms with E-state index < -0.39 is 11.9 Å². The lowest BCUT2D eigenvalue weighted by Crippen LogP contribution is -2.24. The Kier molecular flexibility index (Phi) is 5.77. The molecule has 8 nitrogen and oxygen atoms in total. The second kappa shape index (κ2) is 8.24. The number of nitrogens with zero attached hydrogens (tertiary/aromatic N) is 3. The van der Waals surface area contributed by atoms with E-state index in [0.717, 1.165) is 24.2 Å². The molecule has 1 aromatic heterocycles. The number of hydrogen-bond donors (Lipinski definition) is 1. The van der Waals surface area contributed by atoms with Gasteiger partial charge < -0.3 is 15.0 Å². The molecule has 0 unspecified atom stereocenters. The summed E-state index contributed by atoms with van der Waals surface area (Å²) in [6, 6.07) is 6.88. The number of anilines is 1. The molecule has 0 aliphatic carbocycles. The van der Waals surface area contributed by atoms with Gasteiger partial charge in [0, 0.05) is 26.6 Å². The first kappa shape index (κ1) is 19.6. The first-order valence-corrected chi connectivity index (χ1v) is 9.19. The SMILES string of the molecule is Cc1nn(C)c(C)c1NC(=O)COC(=O)c1ccc(CN2CCCC2=O)cc1.